The minimum Gasteiger partial charge on any atom is -0.298 e. The van der Waals surface area contributed by atoms with Gasteiger partial charge in [-0.2, -0.15) is 0 Å². The fourth-order valence-corrected chi connectivity index (χ4v) is 2.83. The molecule has 3 heteroatoms. The summed E-state index contributed by atoms with van der Waals surface area (Å²) in [6, 6.07) is 0.896. The molecule has 0 unspecified atom stereocenters. The molecule has 2 nitrogen and oxygen atoms in total. The minimum atomic E-state index is 0.896. The summed E-state index contributed by atoms with van der Waals surface area (Å²) >= 11 is 2.41. The Labute approximate surface area is 82.4 Å². The van der Waals surface area contributed by atoms with Gasteiger partial charge in [-0.15, -0.1) is 0 Å². The van der Waals surface area contributed by atoms with Crippen LogP contribution in [0.25, 0.3) is 0 Å². The largest absolute Gasteiger partial charge is 0.298 e. The van der Waals surface area contributed by atoms with Crippen molar-refractivity contribution >= 4 is 22.9 Å². The fourth-order valence-electron chi connectivity index (χ4n) is 1.92. The van der Waals surface area contributed by atoms with Crippen molar-refractivity contribution in [1.82, 2.24) is 8.01 Å². The highest BCUT2D eigenvalue weighted by atomic mass is 127. The van der Waals surface area contributed by atoms with Crippen molar-refractivity contribution in [2.75, 3.05) is 26.2 Å². The van der Waals surface area contributed by atoms with Gasteiger partial charge < -0.3 is 0 Å². The van der Waals surface area contributed by atoms with Crippen molar-refractivity contribution in [2.45, 2.75) is 25.3 Å². The zero-order valence-corrected chi connectivity index (χ0v) is 8.96. The van der Waals surface area contributed by atoms with E-state index in [9.17, 15) is 0 Å². The summed E-state index contributed by atoms with van der Waals surface area (Å²) in [5, 5.41) is 0. The van der Waals surface area contributed by atoms with Crippen LogP contribution in [0, 0.1) is 0 Å². The maximum atomic E-state index is 2.67. The Morgan fingerprint density at radius 1 is 1.00 bits per heavy atom. The molecule has 2 saturated heterocycles. The van der Waals surface area contributed by atoms with Gasteiger partial charge in [0.15, 0.2) is 0 Å². The first-order valence-electron chi connectivity index (χ1n) is 4.51. The zero-order valence-electron chi connectivity index (χ0n) is 6.80. The van der Waals surface area contributed by atoms with Gasteiger partial charge in [-0.25, -0.2) is 3.11 Å². The van der Waals surface area contributed by atoms with Crippen molar-refractivity contribution in [1.29, 1.82) is 0 Å². The molecule has 11 heavy (non-hydrogen) atoms. The maximum Gasteiger partial charge on any atom is 0.0366 e. The summed E-state index contributed by atoms with van der Waals surface area (Å²) in [6.07, 6.45) is 4.31. The summed E-state index contributed by atoms with van der Waals surface area (Å²) in [4.78, 5) is 2.67. The van der Waals surface area contributed by atoms with Crippen LogP contribution in [-0.2, 0) is 0 Å². The molecule has 2 heterocycles. The molecule has 2 aliphatic rings. The zero-order chi connectivity index (χ0) is 7.68. The van der Waals surface area contributed by atoms with E-state index in [4.69, 9.17) is 0 Å². The second kappa shape index (κ2) is 3.58. The second-order valence-corrected chi connectivity index (χ2v) is 4.94. The van der Waals surface area contributed by atoms with E-state index in [1.165, 1.54) is 45.4 Å². The third-order valence-electron chi connectivity index (χ3n) is 2.72. The standard InChI is InChI=1S/C8H15IN2/c9-11-6-8(7-11)10-4-2-1-3-5-10/h8H,1-7H2. The Morgan fingerprint density at radius 2 is 1.64 bits per heavy atom. The summed E-state index contributed by atoms with van der Waals surface area (Å²) < 4.78 is 2.37. The van der Waals surface area contributed by atoms with E-state index in [1.54, 1.807) is 0 Å². The number of rotatable bonds is 1. The monoisotopic (exact) mass is 266 g/mol. The number of likely N-dealkylation sites (tertiary alicyclic amines) is 1. The average molecular weight is 266 g/mol. The summed E-state index contributed by atoms with van der Waals surface area (Å²) in [5.74, 6) is 0. The van der Waals surface area contributed by atoms with Crippen LogP contribution < -0.4 is 0 Å². The van der Waals surface area contributed by atoms with Crippen molar-refractivity contribution in [3.8, 4) is 0 Å². The van der Waals surface area contributed by atoms with Crippen LogP contribution in [0.2, 0.25) is 0 Å². The topological polar surface area (TPSA) is 6.48 Å². The summed E-state index contributed by atoms with van der Waals surface area (Å²) in [5.41, 5.74) is 0. The third-order valence-corrected chi connectivity index (χ3v) is 3.51. The predicted octanol–water partition coefficient (Wildman–Crippen LogP) is 1.51. The highest BCUT2D eigenvalue weighted by Crippen LogP contribution is 2.21. The van der Waals surface area contributed by atoms with Gasteiger partial charge in [0.1, 0.15) is 0 Å². The van der Waals surface area contributed by atoms with E-state index in [1.807, 2.05) is 0 Å². The molecule has 2 fully saturated rings. The fraction of sp³-hybridized carbons (Fsp3) is 1.00. The second-order valence-electron chi connectivity index (χ2n) is 3.58. The normalized spacial score (nSPS) is 30.3. The Balaban J connectivity index is 1.76. The lowest BCUT2D eigenvalue weighted by Crippen LogP contribution is -2.56. The number of halogens is 1. The summed E-state index contributed by atoms with van der Waals surface area (Å²) in [7, 11) is 0. The number of hydrogen-bond acceptors (Lipinski definition) is 2. The van der Waals surface area contributed by atoms with Crippen LogP contribution in [-0.4, -0.2) is 40.2 Å². The first-order chi connectivity index (χ1) is 5.36. The molecule has 2 rings (SSSR count). The number of piperidine rings is 1. The van der Waals surface area contributed by atoms with Crippen LogP contribution in [0.3, 0.4) is 0 Å². The van der Waals surface area contributed by atoms with Gasteiger partial charge in [0.05, 0.1) is 0 Å². The van der Waals surface area contributed by atoms with Crippen molar-refractivity contribution in [2.24, 2.45) is 0 Å². The average Bonchev–Trinajstić information content (AvgIpc) is 2.01. The first-order valence-corrected chi connectivity index (χ1v) is 5.47. The van der Waals surface area contributed by atoms with Crippen molar-refractivity contribution in [3.05, 3.63) is 0 Å². The van der Waals surface area contributed by atoms with E-state index < -0.39 is 0 Å². The predicted molar refractivity (Wildman–Crippen MR) is 54.8 cm³/mol. The molecular formula is C8H15IN2. The molecule has 0 N–H and O–H groups in total. The molecule has 0 aromatic rings. The van der Waals surface area contributed by atoms with Gasteiger partial charge in [-0.05, 0) is 25.9 Å². The van der Waals surface area contributed by atoms with Crippen LogP contribution in [0.5, 0.6) is 0 Å². The lowest BCUT2D eigenvalue weighted by Gasteiger charge is -2.43. The third kappa shape index (κ3) is 1.87. The molecule has 0 saturated carbocycles. The van der Waals surface area contributed by atoms with Gasteiger partial charge in [-0.1, -0.05) is 6.42 Å². The molecule has 0 aromatic heterocycles. The molecule has 2 aliphatic heterocycles. The van der Waals surface area contributed by atoms with Crippen molar-refractivity contribution < 1.29 is 0 Å². The quantitative estimate of drug-likeness (QED) is 0.524. The highest BCUT2D eigenvalue weighted by molar-refractivity contribution is 14.1. The van der Waals surface area contributed by atoms with Crippen LogP contribution in [0.1, 0.15) is 19.3 Å². The van der Waals surface area contributed by atoms with Gasteiger partial charge in [0.2, 0.25) is 0 Å². The first kappa shape index (κ1) is 8.26. The van der Waals surface area contributed by atoms with E-state index in [0.717, 1.165) is 6.04 Å². The van der Waals surface area contributed by atoms with Crippen LogP contribution in [0.15, 0.2) is 0 Å². The molecule has 0 spiro atoms. The van der Waals surface area contributed by atoms with Gasteiger partial charge >= 0.3 is 0 Å². The highest BCUT2D eigenvalue weighted by Gasteiger charge is 2.30. The maximum absolute atomic E-state index is 2.67. The van der Waals surface area contributed by atoms with E-state index in [-0.39, 0.29) is 0 Å². The lowest BCUT2D eigenvalue weighted by molar-refractivity contribution is 0.0864. The Kier molecular flexibility index (Phi) is 2.69. The summed E-state index contributed by atoms with van der Waals surface area (Å²) in [6.45, 7) is 5.30. The molecule has 64 valence electrons. The van der Waals surface area contributed by atoms with Gasteiger partial charge in [0, 0.05) is 42.0 Å². The van der Waals surface area contributed by atoms with E-state index in [0.29, 0.717) is 0 Å². The smallest absolute Gasteiger partial charge is 0.0366 e. The Bertz CT molecular complexity index is 128. The SMILES string of the molecule is IN1CC(N2CCCCC2)C1. The molecule has 0 atom stereocenters. The lowest BCUT2D eigenvalue weighted by atomic mass is 10.1. The molecule has 0 bridgehead atoms. The minimum absolute atomic E-state index is 0.896. The molecular weight excluding hydrogens is 251 g/mol. The Hall–Kier alpha value is 0.650. The number of nitrogens with zero attached hydrogens (tertiary/aromatic N) is 2. The van der Waals surface area contributed by atoms with Crippen molar-refractivity contribution in [3.63, 3.8) is 0 Å². The van der Waals surface area contributed by atoms with Gasteiger partial charge in [0.25, 0.3) is 0 Å². The Morgan fingerprint density at radius 3 is 2.18 bits per heavy atom. The molecule has 0 aliphatic carbocycles. The molecule has 0 radical (unpaired) electrons. The van der Waals surface area contributed by atoms with Crippen LogP contribution >= 0.6 is 22.9 Å². The van der Waals surface area contributed by atoms with E-state index in [2.05, 4.69) is 30.9 Å². The molecule has 0 aromatic carbocycles. The molecule has 0 amide bonds. The van der Waals surface area contributed by atoms with E-state index >= 15 is 0 Å². The van der Waals surface area contributed by atoms with Gasteiger partial charge in [-0.3, -0.25) is 4.90 Å². The number of hydrogen-bond donors (Lipinski definition) is 0. The van der Waals surface area contributed by atoms with Crippen LogP contribution in [0.4, 0.5) is 0 Å².